The minimum atomic E-state index is 0.578. The maximum absolute atomic E-state index is 6.30. The van der Waals surface area contributed by atoms with E-state index < -0.39 is 0 Å². The maximum Gasteiger partial charge on any atom is 0.164 e. The summed E-state index contributed by atoms with van der Waals surface area (Å²) in [5.41, 5.74) is 5.95. The van der Waals surface area contributed by atoms with Gasteiger partial charge in [0, 0.05) is 38.2 Å². The van der Waals surface area contributed by atoms with Gasteiger partial charge >= 0.3 is 0 Å². The Kier molecular flexibility index (Phi) is 5.60. The standard InChI is InChI=1S/C45H25N3O2/c1-3-13-28-26(11-1)23-24-30-35(25-27-12-2-4-14-29(27)40(28)30)45-47-43(33-17-9-21-38-41(33)31-15-5-7-19-36(31)49-38)46-44(48-45)34-18-10-22-39-42(34)32-16-6-8-20-37(32)50-39/h1-25H. The number of benzene rings is 8. The van der Waals surface area contributed by atoms with Crippen molar-refractivity contribution < 1.29 is 8.83 Å². The molecule has 5 heteroatoms. The zero-order valence-corrected chi connectivity index (χ0v) is 26.6. The zero-order chi connectivity index (χ0) is 32.8. The van der Waals surface area contributed by atoms with Crippen molar-refractivity contribution >= 4 is 76.2 Å². The fourth-order valence-electron chi connectivity index (χ4n) is 7.71. The Labute approximate surface area is 285 Å². The summed E-state index contributed by atoms with van der Waals surface area (Å²) < 4.78 is 12.6. The number of hydrogen-bond acceptors (Lipinski definition) is 5. The summed E-state index contributed by atoms with van der Waals surface area (Å²) in [6.45, 7) is 0. The molecule has 0 atom stereocenters. The van der Waals surface area contributed by atoms with E-state index in [1.807, 2.05) is 60.7 Å². The van der Waals surface area contributed by atoms with Gasteiger partial charge in [-0.05, 0) is 62.6 Å². The van der Waals surface area contributed by atoms with Crippen molar-refractivity contribution in [2.45, 2.75) is 0 Å². The van der Waals surface area contributed by atoms with E-state index >= 15 is 0 Å². The second-order valence-electron chi connectivity index (χ2n) is 12.7. The van der Waals surface area contributed by atoms with E-state index in [1.54, 1.807) is 0 Å². The van der Waals surface area contributed by atoms with Crippen LogP contribution in [0.5, 0.6) is 0 Å². The number of hydrogen-bond donors (Lipinski definition) is 0. The summed E-state index contributed by atoms with van der Waals surface area (Å²) in [7, 11) is 0. The van der Waals surface area contributed by atoms with Crippen LogP contribution in [0.3, 0.4) is 0 Å². The number of aromatic nitrogens is 3. The molecule has 3 heterocycles. The van der Waals surface area contributed by atoms with Crippen LogP contribution in [-0.2, 0) is 0 Å². The molecule has 11 aromatic rings. The molecule has 0 N–H and O–H groups in total. The number of nitrogens with zero attached hydrogens (tertiary/aromatic N) is 3. The Bertz CT molecular complexity index is 3020. The van der Waals surface area contributed by atoms with Crippen LogP contribution < -0.4 is 0 Å². The number of rotatable bonds is 3. The van der Waals surface area contributed by atoms with Gasteiger partial charge in [-0.2, -0.15) is 0 Å². The molecule has 11 rings (SSSR count). The van der Waals surface area contributed by atoms with Gasteiger partial charge in [-0.15, -0.1) is 0 Å². The average molecular weight is 640 g/mol. The maximum atomic E-state index is 6.30. The van der Waals surface area contributed by atoms with Crippen LogP contribution in [0.1, 0.15) is 0 Å². The first-order valence-electron chi connectivity index (χ1n) is 16.7. The summed E-state index contributed by atoms with van der Waals surface area (Å²) in [6, 6.07) is 52.1. The topological polar surface area (TPSA) is 65.0 Å². The summed E-state index contributed by atoms with van der Waals surface area (Å²) in [5, 5.41) is 11.0. The molecule has 0 aliphatic carbocycles. The monoisotopic (exact) mass is 639 g/mol. The average Bonchev–Trinajstić information content (AvgIpc) is 3.76. The van der Waals surface area contributed by atoms with Crippen LogP contribution in [-0.4, -0.2) is 15.0 Å². The molecule has 0 fully saturated rings. The normalized spacial score (nSPS) is 12.0. The van der Waals surface area contributed by atoms with E-state index in [2.05, 4.69) is 91.0 Å². The van der Waals surface area contributed by atoms with Crippen molar-refractivity contribution in [3.8, 4) is 34.2 Å². The predicted molar refractivity (Wildman–Crippen MR) is 203 cm³/mol. The highest BCUT2D eigenvalue weighted by Crippen LogP contribution is 2.42. The fraction of sp³-hybridized carbons (Fsp3) is 0. The molecule has 0 saturated carbocycles. The van der Waals surface area contributed by atoms with E-state index in [-0.39, 0.29) is 0 Å². The molecule has 0 aliphatic heterocycles. The third-order valence-corrected chi connectivity index (χ3v) is 9.91. The highest BCUT2D eigenvalue weighted by molar-refractivity contribution is 6.24. The highest BCUT2D eigenvalue weighted by atomic mass is 16.3. The SMILES string of the molecule is c1ccc2c(c1)ccc1c(-c3nc(-c4cccc5oc6ccccc6c45)nc(-c4cccc5oc6ccccc6c45)n3)cc3ccccc3c12. The molecule has 5 nitrogen and oxygen atoms in total. The number of fused-ring (bicyclic) bond motifs is 11. The van der Waals surface area contributed by atoms with E-state index in [0.717, 1.165) is 71.3 Å². The van der Waals surface area contributed by atoms with Crippen LogP contribution in [0, 0.1) is 0 Å². The van der Waals surface area contributed by atoms with Crippen molar-refractivity contribution in [1.29, 1.82) is 0 Å². The third kappa shape index (κ3) is 3.92. The van der Waals surface area contributed by atoms with Gasteiger partial charge in [0.15, 0.2) is 17.5 Å². The number of para-hydroxylation sites is 2. The van der Waals surface area contributed by atoms with Crippen LogP contribution in [0.15, 0.2) is 160 Å². The predicted octanol–water partition coefficient (Wildman–Crippen LogP) is 12.1. The van der Waals surface area contributed by atoms with Crippen molar-refractivity contribution in [2.24, 2.45) is 0 Å². The van der Waals surface area contributed by atoms with Crippen LogP contribution in [0.2, 0.25) is 0 Å². The molecule has 3 aromatic heterocycles. The van der Waals surface area contributed by atoms with E-state index in [9.17, 15) is 0 Å². The molecule has 0 aliphatic rings. The van der Waals surface area contributed by atoms with Gasteiger partial charge in [-0.25, -0.2) is 15.0 Å². The van der Waals surface area contributed by atoms with Crippen molar-refractivity contribution in [3.05, 3.63) is 152 Å². The van der Waals surface area contributed by atoms with Crippen LogP contribution in [0.25, 0.3) is 110 Å². The second kappa shape index (κ2) is 10.3. The lowest BCUT2D eigenvalue weighted by Gasteiger charge is -2.14. The molecule has 0 radical (unpaired) electrons. The molecule has 0 amide bonds. The molecule has 0 saturated heterocycles. The van der Waals surface area contributed by atoms with E-state index in [1.165, 1.54) is 21.5 Å². The first-order valence-corrected chi connectivity index (χ1v) is 16.7. The first kappa shape index (κ1) is 27.1. The summed E-state index contributed by atoms with van der Waals surface area (Å²) in [5.74, 6) is 1.76. The Morgan fingerprint density at radius 2 is 0.760 bits per heavy atom. The highest BCUT2D eigenvalue weighted by Gasteiger charge is 2.22. The quantitative estimate of drug-likeness (QED) is 0.180. The second-order valence-corrected chi connectivity index (χ2v) is 12.7. The van der Waals surface area contributed by atoms with Gasteiger partial charge in [0.2, 0.25) is 0 Å². The minimum absolute atomic E-state index is 0.578. The largest absolute Gasteiger partial charge is 0.456 e. The third-order valence-electron chi connectivity index (χ3n) is 9.91. The lowest BCUT2D eigenvalue weighted by atomic mass is 9.92. The Hall–Kier alpha value is -6.85. The van der Waals surface area contributed by atoms with Gasteiger partial charge < -0.3 is 8.83 Å². The fourth-order valence-corrected chi connectivity index (χ4v) is 7.71. The first-order chi connectivity index (χ1) is 24.8. The Morgan fingerprint density at radius 1 is 0.300 bits per heavy atom. The van der Waals surface area contributed by atoms with Gasteiger partial charge in [0.05, 0.1) is 0 Å². The molecule has 0 bridgehead atoms. The van der Waals surface area contributed by atoms with Gasteiger partial charge in [-0.3, -0.25) is 0 Å². The summed E-state index contributed by atoms with van der Waals surface area (Å²) >= 11 is 0. The molecular weight excluding hydrogens is 615 g/mol. The smallest absolute Gasteiger partial charge is 0.164 e. The molecule has 232 valence electrons. The number of furan rings is 2. The molecule has 50 heavy (non-hydrogen) atoms. The lowest BCUT2D eigenvalue weighted by Crippen LogP contribution is -2.01. The molecule has 8 aromatic carbocycles. The molecular formula is C45H25N3O2. The summed E-state index contributed by atoms with van der Waals surface area (Å²) in [4.78, 5) is 15.9. The molecule has 0 spiro atoms. The van der Waals surface area contributed by atoms with E-state index in [0.29, 0.717) is 17.5 Å². The van der Waals surface area contributed by atoms with Gasteiger partial charge in [0.25, 0.3) is 0 Å². The zero-order valence-electron chi connectivity index (χ0n) is 26.6. The van der Waals surface area contributed by atoms with Crippen molar-refractivity contribution in [3.63, 3.8) is 0 Å². The summed E-state index contributed by atoms with van der Waals surface area (Å²) in [6.07, 6.45) is 0. The van der Waals surface area contributed by atoms with Crippen LogP contribution >= 0.6 is 0 Å². The van der Waals surface area contributed by atoms with Crippen molar-refractivity contribution in [1.82, 2.24) is 15.0 Å². The van der Waals surface area contributed by atoms with Gasteiger partial charge in [-0.1, -0.05) is 121 Å². The minimum Gasteiger partial charge on any atom is -0.456 e. The van der Waals surface area contributed by atoms with Gasteiger partial charge in [0.1, 0.15) is 22.3 Å². The Balaban J connectivity index is 1.28. The van der Waals surface area contributed by atoms with Crippen molar-refractivity contribution in [2.75, 3.05) is 0 Å². The Morgan fingerprint density at radius 3 is 1.36 bits per heavy atom. The van der Waals surface area contributed by atoms with E-state index in [4.69, 9.17) is 23.8 Å². The van der Waals surface area contributed by atoms with Crippen LogP contribution in [0.4, 0.5) is 0 Å². The molecule has 0 unspecified atom stereocenters. The lowest BCUT2D eigenvalue weighted by molar-refractivity contribution is 0.668.